The van der Waals surface area contributed by atoms with Gasteiger partial charge in [0.15, 0.2) is 0 Å². The van der Waals surface area contributed by atoms with E-state index in [9.17, 15) is 13.2 Å². The third-order valence-corrected chi connectivity index (χ3v) is 5.62. The predicted molar refractivity (Wildman–Crippen MR) is 79.5 cm³/mol. The molecule has 0 radical (unpaired) electrons. The van der Waals surface area contributed by atoms with Crippen molar-refractivity contribution in [3.63, 3.8) is 0 Å². The van der Waals surface area contributed by atoms with Gasteiger partial charge in [0.05, 0.1) is 11.3 Å². The second-order valence-corrected chi connectivity index (χ2v) is 7.73. The average Bonchev–Trinajstić information content (AvgIpc) is 2.36. The lowest BCUT2D eigenvalue weighted by Crippen LogP contribution is -2.42. The molecule has 0 bridgehead atoms. The summed E-state index contributed by atoms with van der Waals surface area (Å²) < 4.78 is 26.8. The van der Waals surface area contributed by atoms with Crippen molar-refractivity contribution < 1.29 is 18.3 Å². The first kappa shape index (κ1) is 15.8. The van der Waals surface area contributed by atoms with Crippen LogP contribution in [0.4, 0.5) is 5.69 Å². The fourth-order valence-corrected chi connectivity index (χ4v) is 4.63. The van der Waals surface area contributed by atoms with E-state index in [1.807, 2.05) is 13.8 Å². The zero-order valence-corrected chi connectivity index (χ0v) is 12.9. The molecule has 7 heteroatoms. The van der Waals surface area contributed by atoms with Crippen LogP contribution in [0.25, 0.3) is 0 Å². The Labute approximate surface area is 124 Å². The first-order valence-corrected chi connectivity index (χ1v) is 8.28. The summed E-state index contributed by atoms with van der Waals surface area (Å²) in [6, 6.07) is 3.73. The number of rotatable bonds is 3. The van der Waals surface area contributed by atoms with E-state index < -0.39 is 16.0 Å². The van der Waals surface area contributed by atoms with Gasteiger partial charge in [-0.2, -0.15) is 4.31 Å². The van der Waals surface area contributed by atoms with E-state index in [1.165, 1.54) is 22.5 Å². The van der Waals surface area contributed by atoms with E-state index in [0.717, 1.165) is 6.42 Å². The van der Waals surface area contributed by atoms with Crippen LogP contribution in [0.1, 0.15) is 30.6 Å². The van der Waals surface area contributed by atoms with Crippen LogP contribution in [-0.2, 0) is 10.0 Å². The second kappa shape index (κ2) is 5.65. The summed E-state index contributed by atoms with van der Waals surface area (Å²) in [7, 11) is -3.69. The van der Waals surface area contributed by atoms with Crippen molar-refractivity contribution in [3.8, 4) is 0 Å². The number of nitrogen functional groups attached to an aromatic ring is 1. The molecule has 21 heavy (non-hydrogen) atoms. The summed E-state index contributed by atoms with van der Waals surface area (Å²) >= 11 is 0. The van der Waals surface area contributed by atoms with E-state index in [4.69, 9.17) is 10.8 Å². The van der Waals surface area contributed by atoms with Crippen molar-refractivity contribution in [2.24, 2.45) is 11.8 Å². The molecule has 116 valence electrons. The van der Waals surface area contributed by atoms with E-state index in [2.05, 4.69) is 0 Å². The number of nitrogens with zero attached hydrogens (tertiary/aromatic N) is 1. The van der Waals surface area contributed by atoms with Gasteiger partial charge in [0, 0.05) is 13.1 Å². The van der Waals surface area contributed by atoms with Crippen LogP contribution in [0.15, 0.2) is 23.1 Å². The van der Waals surface area contributed by atoms with Gasteiger partial charge < -0.3 is 10.8 Å². The molecule has 0 aliphatic carbocycles. The lowest BCUT2D eigenvalue weighted by atomic mass is 9.94. The molecule has 1 aromatic carbocycles. The minimum Gasteiger partial charge on any atom is -0.478 e. The molecule has 1 heterocycles. The van der Waals surface area contributed by atoms with Crippen molar-refractivity contribution in [1.82, 2.24) is 4.31 Å². The quantitative estimate of drug-likeness (QED) is 0.826. The monoisotopic (exact) mass is 312 g/mol. The van der Waals surface area contributed by atoms with Gasteiger partial charge >= 0.3 is 5.97 Å². The number of sulfonamides is 1. The summed E-state index contributed by atoms with van der Waals surface area (Å²) in [6.07, 6.45) is 0.999. The van der Waals surface area contributed by atoms with Gasteiger partial charge in [-0.1, -0.05) is 13.8 Å². The van der Waals surface area contributed by atoms with Gasteiger partial charge in [-0.3, -0.25) is 0 Å². The molecule has 3 N–H and O–H groups in total. The Bertz CT molecular complexity index is 647. The number of benzene rings is 1. The smallest absolute Gasteiger partial charge is 0.335 e. The van der Waals surface area contributed by atoms with Crippen LogP contribution in [0.2, 0.25) is 0 Å². The van der Waals surface area contributed by atoms with E-state index in [0.29, 0.717) is 24.9 Å². The molecule has 0 amide bonds. The number of anilines is 1. The van der Waals surface area contributed by atoms with Gasteiger partial charge in [0.25, 0.3) is 0 Å². The first-order chi connectivity index (χ1) is 9.71. The summed E-state index contributed by atoms with van der Waals surface area (Å²) in [5, 5.41) is 8.91. The fraction of sp³-hybridized carbons (Fsp3) is 0.500. The van der Waals surface area contributed by atoms with Crippen LogP contribution >= 0.6 is 0 Å². The van der Waals surface area contributed by atoms with Crippen LogP contribution < -0.4 is 5.73 Å². The summed E-state index contributed by atoms with van der Waals surface area (Å²) in [4.78, 5) is 10.9. The molecule has 6 nitrogen and oxygen atoms in total. The first-order valence-electron chi connectivity index (χ1n) is 6.84. The molecule has 0 saturated carbocycles. The minimum absolute atomic E-state index is 0.0196. The molecule has 2 rings (SSSR count). The molecule has 1 aliphatic rings. The van der Waals surface area contributed by atoms with Crippen LogP contribution in [0, 0.1) is 11.8 Å². The number of carboxylic acids is 1. The highest BCUT2D eigenvalue weighted by atomic mass is 32.2. The molecular weight excluding hydrogens is 292 g/mol. The minimum atomic E-state index is -3.69. The van der Waals surface area contributed by atoms with Gasteiger partial charge in [-0.15, -0.1) is 0 Å². The summed E-state index contributed by atoms with van der Waals surface area (Å²) in [5.41, 5.74) is 5.70. The number of hydrogen-bond acceptors (Lipinski definition) is 4. The van der Waals surface area contributed by atoms with Gasteiger partial charge in [-0.25, -0.2) is 13.2 Å². The Morgan fingerprint density at radius 3 is 2.33 bits per heavy atom. The maximum Gasteiger partial charge on any atom is 0.335 e. The lowest BCUT2D eigenvalue weighted by Gasteiger charge is -2.34. The Kier molecular flexibility index (Phi) is 4.25. The lowest BCUT2D eigenvalue weighted by molar-refractivity contribution is 0.0697. The van der Waals surface area contributed by atoms with E-state index in [-0.39, 0.29) is 16.1 Å². The summed E-state index contributed by atoms with van der Waals surface area (Å²) in [6.45, 7) is 4.98. The van der Waals surface area contributed by atoms with Crippen LogP contribution in [-0.4, -0.2) is 36.9 Å². The van der Waals surface area contributed by atoms with Gasteiger partial charge in [0.1, 0.15) is 4.90 Å². The number of carboxylic acid groups (broad SMARTS) is 1. The third kappa shape index (κ3) is 3.19. The summed E-state index contributed by atoms with van der Waals surface area (Å²) in [5.74, 6) is -0.544. The number of hydrogen-bond donors (Lipinski definition) is 2. The molecule has 0 spiro atoms. The number of aromatic carboxylic acids is 1. The Balaban J connectivity index is 2.37. The topological polar surface area (TPSA) is 101 Å². The van der Waals surface area contributed by atoms with Crippen molar-refractivity contribution in [2.75, 3.05) is 18.8 Å². The number of piperidine rings is 1. The molecule has 0 aromatic heterocycles. The zero-order valence-electron chi connectivity index (χ0n) is 12.1. The Morgan fingerprint density at radius 2 is 1.86 bits per heavy atom. The molecule has 2 unspecified atom stereocenters. The van der Waals surface area contributed by atoms with Crippen molar-refractivity contribution in [1.29, 1.82) is 0 Å². The highest BCUT2D eigenvalue weighted by molar-refractivity contribution is 7.89. The fourth-order valence-electron chi connectivity index (χ4n) is 2.86. The van der Waals surface area contributed by atoms with Crippen molar-refractivity contribution in [2.45, 2.75) is 25.2 Å². The number of carbonyl (C=O) groups is 1. The maximum atomic E-state index is 12.7. The molecule has 1 fully saturated rings. The van der Waals surface area contributed by atoms with Crippen LogP contribution in [0.5, 0.6) is 0 Å². The average molecular weight is 312 g/mol. The van der Waals surface area contributed by atoms with Crippen molar-refractivity contribution >= 4 is 21.7 Å². The van der Waals surface area contributed by atoms with Gasteiger partial charge in [0.2, 0.25) is 10.0 Å². The SMILES string of the molecule is CC1CC(C)CN(S(=O)(=O)c2ccc(C(=O)O)cc2N)C1. The van der Waals surface area contributed by atoms with Crippen molar-refractivity contribution in [3.05, 3.63) is 23.8 Å². The van der Waals surface area contributed by atoms with E-state index in [1.54, 1.807) is 0 Å². The normalized spacial score (nSPS) is 23.9. The predicted octanol–water partition coefficient (Wildman–Crippen LogP) is 1.63. The molecule has 2 atom stereocenters. The maximum absolute atomic E-state index is 12.7. The largest absolute Gasteiger partial charge is 0.478 e. The number of nitrogens with two attached hydrogens (primary N) is 1. The molecular formula is C14H20N2O4S. The van der Waals surface area contributed by atoms with Gasteiger partial charge in [-0.05, 0) is 36.5 Å². The highest BCUT2D eigenvalue weighted by Crippen LogP contribution is 2.29. The molecule has 1 aromatic rings. The standard InChI is InChI=1S/C14H20N2O4S/c1-9-5-10(2)8-16(7-9)21(19,20)13-4-3-11(14(17)18)6-12(13)15/h3-4,6,9-10H,5,7-8,15H2,1-2H3,(H,17,18). The molecule has 1 saturated heterocycles. The zero-order chi connectivity index (χ0) is 15.8. The highest BCUT2D eigenvalue weighted by Gasteiger charge is 2.32. The molecule has 1 aliphatic heterocycles. The Morgan fingerprint density at radius 1 is 1.29 bits per heavy atom. The second-order valence-electron chi connectivity index (χ2n) is 5.83. The van der Waals surface area contributed by atoms with E-state index >= 15 is 0 Å². The third-order valence-electron chi connectivity index (χ3n) is 3.71. The van der Waals surface area contributed by atoms with Crippen LogP contribution in [0.3, 0.4) is 0 Å². The Hall–Kier alpha value is -1.60.